The minimum atomic E-state index is 0.328. The standard InChI is InChI=1S/C16H19ClN4O2/c1-22-14-7-13(18)12(17)6-10(14)15-19-16(23-20-15)11-8-21-4-2-9(11)3-5-21/h6-7,9,11H,2-5,8,18H2,1H3. The molecule has 6 nitrogen and oxygen atoms in total. The molecule has 3 fully saturated rings. The van der Waals surface area contributed by atoms with Gasteiger partial charge in [0.25, 0.3) is 0 Å². The molecule has 0 saturated carbocycles. The number of aromatic nitrogens is 2. The van der Waals surface area contributed by atoms with Gasteiger partial charge >= 0.3 is 0 Å². The number of hydrogen-bond acceptors (Lipinski definition) is 6. The first kappa shape index (κ1) is 14.8. The number of piperidine rings is 3. The van der Waals surface area contributed by atoms with Gasteiger partial charge in [0.15, 0.2) is 0 Å². The highest BCUT2D eigenvalue weighted by Gasteiger charge is 2.38. The van der Waals surface area contributed by atoms with E-state index in [1.54, 1.807) is 19.2 Å². The molecule has 3 aliphatic rings. The van der Waals surface area contributed by atoms with Crippen molar-refractivity contribution in [3.63, 3.8) is 0 Å². The lowest BCUT2D eigenvalue weighted by Gasteiger charge is -2.43. The lowest BCUT2D eigenvalue weighted by Crippen LogP contribution is -2.46. The van der Waals surface area contributed by atoms with E-state index in [0.29, 0.717) is 45.6 Å². The molecule has 122 valence electrons. The van der Waals surface area contributed by atoms with Crippen LogP contribution in [0, 0.1) is 5.92 Å². The molecule has 3 saturated heterocycles. The molecule has 0 amide bonds. The number of nitrogen functional groups attached to an aromatic ring is 1. The third kappa shape index (κ3) is 2.56. The van der Waals surface area contributed by atoms with Crippen LogP contribution in [-0.2, 0) is 0 Å². The van der Waals surface area contributed by atoms with Gasteiger partial charge in [-0.2, -0.15) is 4.98 Å². The molecule has 2 bridgehead atoms. The highest BCUT2D eigenvalue weighted by atomic mass is 35.5. The van der Waals surface area contributed by atoms with Crippen molar-refractivity contribution < 1.29 is 9.26 Å². The topological polar surface area (TPSA) is 77.4 Å². The number of anilines is 1. The highest BCUT2D eigenvalue weighted by Crippen LogP contribution is 2.40. The smallest absolute Gasteiger partial charge is 0.231 e. The van der Waals surface area contributed by atoms with Gasteiger partial charge < -0.3 is 19.9 Å². The summed E-state index contributed by atoms with van der Waals surface area (Å²) in [5, 5.41) is 4.59. The Morgan fingerprint density at radius 3 is 2.78 bits per heavy atom. The van der Waals surface area contributed by atoms with E-state index in [4.69, 9.17) is 26.6 Å². The Morgan fingerprint density at radius 1 is 1.35 bits per heavy atom. The van der Waals surface area contributed by atoms with Gasteiger partial charge in [0.05, 0.1) is 29.3 Å². The number of hydrogen-bond donors (Lipinski definition) is 1. The van der Waals surface area contributed by atoms with Crippen LogP contribution in [0.1, 0.15) is 24.7 Å². The molecule has 23 heavy (non-hydrogen) atoms. The predicted molar refractivity (Wildman–Crippen MR) is 87.6 cm³/mol. The van der Waals surface area contributed by atoms with Crippen LogP contribution in [0.2, 0.25) is 5.02 Å². The fourth-order valence-electron chi connectivity index (χ4n) is 3.65. The minimum absolute atomic E-state index is 0.328. The Balaban J connectivity index is 1.67. The van der Waals surface area contributed by atoms with Gasteiger partial charge in [-0.05, 0) is 37.9 Å². The summed E-state index contributed by atoms with van der Waals surface area (Å²) in [5.74, 6) is 2.77. The van der Waals surface area contributed by atoms with Crippen LogP contribution in [0.5, 0.6) is 5.75 Å². The van der Waals surface area contributed by atoms with E-state index in [9.17, 15) is 0 Å². The van der Waals surface area contributed by atoms with E-state index in [1.807, 2.05) is 0 Å². The monoisotopic (exact) mass is 334 g/mol. The first-order valence-corrected chi connectivity index (χ1v) is 8.23. The molecule has 1 aromatic carbocycles. The zero-order chi connectivity index (χ0) is 16.0. The second kappa shape index (κ2) is 5.69. The number of benzene rings is 1. The van der Waals surface area contributed by atoms with Crippen LogP contribution in [-0.4, -0.2) is 41.8 Å². The Labute approximate surface area is 139 Å². The van der Waals surface area contributed by atoms with Crippen molar-refractivity contribution in [3.05, 3.63) is 23.0 Å². The molecule has 0 radical (unpaired) electrons. The molecular formula is C16H19ClN4O2. The molecule has 3 aliphatic heterocycles. The van der Waals surface area contributed by atoms with Gasteiger partial charge in [-0.25, -0.2) is 0 Å². The van der Waals surface area contributed by atoms with E-state index < -0.39 is 0 Å². The first-order valence-electron chi connectivity index (χ1n) is 7.85. The number of ether oxygens (including phenoxy) is 1. The molecular weight excluding hydrogens is 316 g/mol. The number of fused-ring (bicyclic) bond motifs is 3. The summed E-state index contributed by atoms with van der Waals surface area (Å²) >= 11 is 6.13. The maximum Gasteiger partial charge on any atom is 0.231 e. The van der Waals surface area contributed by atoms with Gasteiger partial charge in [0.1, 0.15) is 5.75 Å². The number of rotatable bonds is 3. The van der Waals surface area contributed by atoms with Crippen molar-refractivity contribution in [3.8, 4) is 17.1 Å². The fraction of sp³-hybridized carbons (Fsp3) is 0.500. The molecule has 1 unspecified atom stereocenters. The molecule has 4 heterocycles. The van der Waals surface area contributed by atoms with Gasteiger partial charge in [0, 0.05) is 12.6 Å². The second-order valence-corrected chi connectivity index (χ2v) is 6.68. The van der Waals surface area contributed by atoms with Crippen LogP contribution in [0.4, 0.5) is 5.69 Å². The Hall–Kier alpha value is -1.79. The lowest BCUT2D eigenvalue weighted by atomic mass is 9.79. The van der Waals surface area contributed by atoms with E-state index in [-0.39, 0.29) is 0 Å². The molecule has 5 rings (SSSR count). The molecule has 1 aromatic heterocycles. The number of methoxy groups -OCH3 is 1. The van der Waals surface area contributed by atoms with Gasteiger partial charge in [-0.1, -0.05) is 16.8 Å². The van der Waals surface area contributed by atoms with Crippen molar-refractivity contribution in [1.82, 2.24) is 15.0 Å². The van der Waals surface area contributed by atoms with Crippen molar-refractivity contribution in [2.45, 2.75) is 18.8 Å². The third-order valence-corrected chi connectivity index (χ3v) is 5.30. The predicted octanol–water partition coefficient (Wildman–Crippen LogP) is 2.79. The van der Waals surface area contributed by atoms with E-state index in [1.165, 1.54) is 25.9 Å². The lowest BCUT2D eigenvalue weighted by molar-refractivity contribution is 0.0727. The maximum atomic E-state index is 6.13. The van der Waals surface area contributed by atoms with E-state index in [0.717, 1.165) is 6.54 Å². The second-order valence-electron chi connectivity index (χ2n) is 6.27. The summed E-state index contributed by atoms with van der Waals surface area (Å²) in [6.07, 6.45) is 2.42. The van der Waals surface area contributed by atoms with Gasteiger partial charge in [0.2, 0.25) is 11.7 Å². The summed E-state index contributed by atoms with van der Waals surface area (Å²) in [6, 6.07) is 3.41. The van der Waals surface area contributed by atoms with Crippen molar-refractivity contribution in [2.24, 2.45) is 5.92 Å². The van der Waals surface area contributed by atoms with Crippen molar-refractivity contribution in [1.29, 1.82) is 0 Å². The highest BCUT2D eigenvalue weighted by molar-refractivity contribution is 6.33. The van der Waals surface area contributed by atoms with E-state index in [2.05, 4.69) is 15.0 Å². The quantitative estimate of drug-likeness (QED) is 0.870. The van der Waals surface area contributed by atoms with Crippen LogP contribution in [0.3, 0.4) is 0 Å². The number of halogens is 1. The molecule has 0 spiro atoms. The molecule has 7 heteroatoms. The van der Waals surface area contributed by atoms with Crippen molar-refractivity contribution >= 4 is 17.3 Å². The fourth-order valence-corrected chi connectivity index (χ4v) is 3.82. The largest absolute Gasteiger partial charge is 0.496 e. The number of nitrogens with zero attached hydrogens (tertiary/aromatic N) is 3. The molecule has 1 atom stereocenters. The Bertz CT molecular complexity index is 725. The summed E-state index contributed by atoms with van der Waals surface area (Å²) in [7, 11) is 1.58. The van der Waals surface area contributed by atoms with Crippen molar-refractivity contribution in [2.75, 3.05) is 32.5 Å². The third-order valence-electron chi connectivity index (χ3n) is 4.97. The first-order chi connectivity index (χ1) is 11.2. The average Bonchev–Trinajstić information content (AvgIpc) is 3.07. The minimum Gasteiger partial charge on any atom is -0.496 e. The summed E-state index contributed by atoms with van der Waals surface area (Å²) < 4.78 is 10.9. The average molecular weight is 335 g/mol. The van der Waals surface area contributed by atoms with Crippen LogP contribution in [0.15, 0.2) is 16.7 Å². The Morgan fingerprint density at radius 2 is 2.13 bits per heavy atom. The molecule has 2 N–H and O–H groups in total. The van der Waals surface area contributed by atoms with Crippen LogP contribution >= 0.6 is 11.6 Å². The summed E-state index contributed by atoms with van der Waals surface area (Å²) in [4.78, 5) is 7.09. The van der Waals surface area contributed by atoms with Crippen LogP contribution < -0.4 is 10.5 Å². The SMILES string of the molecule is COc1cc(N)c(Cl)cc1-c1noc(C2CN3CCC2CC3)n1. The summed E-state index contributed by atoms with van der Waals surface area (Å²) in [6.45, 7) is 3.37. The van der Waals surface area contributed by atoms with Crippen LogP contribution in [0.25, 0.3) is 11.4 Å². The number of nitrogens with two attached hydrogens (primary N) is 1. The normalized spacial score (nSPS) is 26.4. The van der Waals surface area contributed by atoms with Gasteiger partial charge in [-0.15, -0.1) is 0 Å². The Kier molecular flexibility index (Phi) is 3.66. The molecule has 2 aromatic rings. The molecule has 0 aliphatic carbocycles. The van der Waals surface area contributed by atoms with Gasteiger partial charge in [-0.3, -0.25) is 0 Å². The van der Waals surface area contributed by atoms with E-state index >= 15 is 0 Å². The zero-order valence-corrected chi connectivity index (χ0v) is 13.7. The maximum absolute atomic E-state index is 6.13. The summed E-state index contributed by atoms with van der Waals surface area (Å²) in [5.41, 5.74) is 6.99. The zero-order valence-electron chi connectivity index (χ0n) is 13.0.